The summed E-state index contributed by atoms with van der Waals surface area (Å²) in [5.74, 6) is 0.700. The number of methoxy groups -OCH3 is 1. The van der Waals surface area contributed by atoms with Crippen molar-refractivity contribution in [1.82, 2.24) is 14.8 Å². The quantitative estimate of drug-likeness (QED) is 0.127. The average molecular weight is 563 g/mol. The zero-order valence-corrected chi connectivity index (χ0v) is 23.9. The molecule has 1 amide bonds. The summed E-state index contributed by atoms with van der Waals surface area (Å²) in [6, 6.07) is 15.5. The SMILES string of the molecule is C=CCn1c(SCC(=O)Nc2scc(-c3ccccc3)c2C(=O)OC)nnc1C(C)Oc1ccc(C)cc1C. The van der Waals surface area contributed by atoms with Gasteiger partial charge in [0.1, 0.15) is 16.3 Å². The number of nitrogens with zero attached hydrogens (tertiary/aromatic N) is 3. The molecule has 0 aliphatic heterocycles. The molecule has 4 rings (SSSR count). The van der Waals surface area contributed by atoms with E-state index in [2.05, 4.69) is 28.2 Å². The van der Waals surface area contributed by atoms with Crippen molar-refractivity contribution in [3.63, 3.8) is 0 Å². The average Bonchev–Trinajstić information content (AvgIpc) is 3.53. The number of hydrogen-bond donors (Lipinski definition) is 1. The largest absolute Gasteiger partial charge is 0.482 e. The van der Waals surface area contributed by atoms with E-state index < -0.39 is 5.97 Å². The lowest BCUT2D eigenvalue weighted by molar-refractivity contribution is -0.113. The molecule has 2 heterocycles. The summed E-state index contributed by atoms with van der Waals surface area (Å²) in [6.45, 7) is 10.3. The number of aryl methyl sites for hydroxylation is 2. The van der Waals surface area contributed by atoms with Crippen LogP contribution in [0.2, 0.25) is 0 Å². The lowest BCUT2D eigenvalue weighted by atomic mass is 10.0. The van der Waals surface area contributed by atoms with E-state index in [1.807, 2.05) is 73.2 Å². The van der Waals surface area contributed by atoms with E-state index in [0.717, 1.165) is 22.4 Å². The summed E-state index contributed by atoms with van der Waals surface area (Å²) in [5.41, 5.74) is 4.12. The highest BCUT2D eigenvalue weighted by Crippen LogP contribution is 2.36. The second-order valence-electron chi connectivity index (χ2n) is 8.82. The summed E-state index contributed by atoms with van der Waals surface area (Å²) >= 11 is 2.53. The fourth-order valence-corrected chi connectivity index (χ4v) is 5.79. The van der Waals surface area contributed by atoms with Crippen LogP contribution in [0.4, 0.5) is 5.00 Å². The first-order valence-electron chi connectivity index (χ1n) is 12.3. The Labute approximate surface area is 236 Å². The van der Waals surface area contributed by atoms with Crippen LogP contribution in [0.25, 0.3) is 11.1 Å². The van der Waals surface area contributed by atoms with E-state index >= 15 is 0 Å². The van der Waals surface area contributed by atoms with Crippen LogP contribution in [-0.2, 0) is 16.1 Å². The van der Waals surface area contributed by atoms with Crippen molar-refractivity contribution in [3.8, 4) is 16.9 Å². The number of carbonyl (C=O) groups excluding carboxylic acids is 2. The molecule has 10 heteroatoms. The molecular formula is C29H30N4O4S2. The molecular weight excluding hydrogens is 532 g/mol. The van der Waals surface area contributed by atoms with Crippen molar-refractivity contribution in [2.24, 2.45) is 0 Å². The maximum atomic E-state index is 12.9. The van der Waals surface area contributed by atoms with Crippen LogP contribution >= 0.6 is 23.1 Å². The molecule has 0 radical (unpaired) electrons. The monoisotopic (exact) mass is 562 g/mol. The number of thiophene rings is 1. The summed E-state index contributed by atoms with van der Waals surface area (Å²) < 4.78 is 13.1. The Morgan fingerprint density at radius 1 is 1.18 bits per heavy atom. The number of nitrogens with one attached hydrogen (secondary N) is 1. The van der Waals surface area contributed by atoms with Gasteiger partial charge in [0.2, 0.25) is 5.91 Å². The van der Waals surface area contributed by atoms with Crippen molar-refractivity contribution < 1.29 is 19.1 Å². The summed E-state index contributed by atoms with van der Waals surface area (Å²) in [4.78, 5) is 25.5. The Kier molecular flexibility index (Phi) is 9.21. The molecule has 0 bridgehead atoms. The summed E-state index contributed by atoms with van der Waals surface area (Å²) in [6.07, 6.45) is 1.38. The molecule has 1 atom stereocenters. The Bertz CT molecular complexity index is 1480. The number of carbonyl (C=O) groups is 2. The predicted molar refractivity (Wildman–Crippen MR) is 156 cm³/mol. The Balaban J connectivity index is 1.47. The number of thioether (sulfide) groups is 1. The molecule has 4 aromatic rings. The highest BCUT2D eigenvalue weighted by Gasteiger charge is 2.24. The fraction of sp³-hybridized carbons (Fsp3) is 0.241. The minimum absolute atomic E-state index is 0.0702. The van der Waals surface area contributed by atoms with Crippen molar-refractivity contribution in [1.29, 1.82) is 0 Å². The van der Waals surface area contributed by atoms with Gasteiger partial charge in [-0.15, -0.1) is 28.1 Å². The summed E-state index contributed by atoms with van der Waals surface area (Å²) in [7, 11) is 1.32. The molecule has 0 fully saturated rings. The molecule has 8 nitrogen and oxygen atoms in total. The van der Waals surface area contributed by atoms with E-state index in [4.69, 9.17) is 9.47 Å². The van der Waals surface area contributed by atoms with Crippen molar-refractivity contribution >= 4 is 40.0 Å². The zero-order chi connectivity index (χ0) is 27.9. The Hall–Kier alpha value is -3.89. The third kappa shape index (κ3) is 6.58. The van der Waals surface area contributed by atoms with Gasteiger partial charge in [0.25, 0.3) is 0 Å². The van der Waals surface area contributed by atoms with Gasteiger partial charge in [-0.2, -0.15) is 0 Å². The minimum atomic E-state index is -0.508. The van der Waals surface area contributed by atoms with Gasteiger partial charge in [-0.1, -0.05) is 65.9 Å². The van der Waals surface area contributed by atoms with Crippen LogP contribution in [-0.4, -0.2) is 39.5 Å². The van der Waals surface area contributed by atoms with Crippen LogP contribution in [0.1, 0.15) is 40.3 Å². The van der Waals surface area contributed by atoms with Gasteiger partial charge >= 0.3 is 5.97 Å². The van der Waals surface area contributed by atoms with Gasteiger partial charge in [-0.3, -0.25) is 9.36 Å². The molecule has 1 N–H and O–H groups in total. The third-order valence-electron chi connectivity index (χ3n) is 5.91. The van der Waals surface area contributed by atoms with Gasteiger partial charge in [0.15, 0.2) is 17.1 Å². The summed E-state index contributed by atoms with van der Waals surface area (Å²) in [5, 5.41) is 14.4. The molecule has 0 spiro atoms. The van der Waals surface area contributed by atoms with Crippen molar-refractivity contribution in [2.45, 2.75) is 38.6 Å². The van der Waals surface area contributed by atoms with Crippen LogP contribution in [0.15, 0.2) is 71.7 Å². The van der Waals surface area contributed by atoms with Gasteiger partial charge < -0.3 is 14.8 Å². The second kappa shape index (κ2) is 12.8. The van der Waals surface area contributed by atoms with E-state index in [-0.39, 0.29) is 17.8 Å². The van der Waals surface area contributed by atoms with Crippen LogP contribution < -0.4 is 10.1 Å². The number of allylic oxidation sites excluding steroid dienone is 1. The van der Waals surface area contributed by atoms with E-state index in [9.17, 15) is 9.59 Å². The minimum Gasteiger partial charge on any atom is -0.482 e. The van der Waals surface area contributed by atoms with E-state index in [1.54, 1.807) is 6.08 Å². The maximum absolute atomic E-state index is 12.9. The number of aromatic nitrogens is 3. The standard InChI is InChI=1S/C29H30N4O4S2/c1-6-14-33-26(20(4)37-23-13-12-18(2)15-19(23)3)31-32-29(33)39-17-24(34)30-27-25(28(35)36-5)22(16-38-27)21-10-8-7-9-11-21/h6-13,15-16,20H,1,14,17H2,2-5H3,(H,30,34). The topological polar surface area (TPSA) is 95.3 Å². The number of benzene rings is 2. The number of amides is 1. The molecule has 39 heavy (non-hydrogen) atoms. The van der Waals surface area contributed by atoms with Gasteiger partial charge in [-0.25, -0.2) is 4.79 Å². The first kappa shape index (κ1) is 28.1. The first-order chi connectivity index (χ1) is 18.8. The number of esters is 1. The highest BCUT2D eigenvalue weighted by molar-refractivity contribution is 7.99. The molecule has 0 saturated heterocycles. The van der Waals surface area contributed by atoms with E-state index in [1.165, 1.54) is 30.2 Å². The Morgan fingerprint density at radius 2 is 1.95 bits per heavy atom. The molecule has 1 unspecified atom stereocenters. The first-order valence-corrected chi connectivity index (χ1v) is 14.1. The fourth-order valence-electron chi connectivity index (χ4n) is 4.06. The van der Waals surface area contributed by atoms with Crippen LogP contribution in [0, 0.1) is 13.8 Å². The number of anilines is 1. The smallest absolute Gasteiger partial charge is 0.341 e. The predicted octanol–water partition coefficient (Wildman–Crippen LogP) is 6.47. The molecule has 2 aromatic heterocycles. The molecule has 2 aromatic carbocycles. The number of hydrogen-bond acceptors (Lipinski definition) is 8. The molecule has 0 aliphatic carbocycles. The Morgan fingerprint density at radius 3 is 2.64 bits per heavy atom. The molecule has 0 aliphatic rings. The van der Waals surface area contributed by atoms with Crippen molar-refractivity contribution in [3.05, 3.63) is 89.1 Å². The van der Waals surface area contributed by atoms with E-state index in [0.29, 0.717) is 33.7 Å². The lowest BCUT2D eigenvalue weighted by Gasteiger charge is -2.17. The highest BCUT2D eigenvalue weighted by atomic mass is 32.2. The van der Waals surface area contributed by atoms with Crippen LogP contribution in [0.3, 0.4) is 0 Å². The lowest BCUT2D eigenvalue weighted by Crippen LogP contribution is -2.17. The number of ether oxygens (including phenoxy) is 2. The van der Waals surface area contributed by atoms with Crippen LogP contribution in [0.5, 0.6) is 5.75 Å². The third-order valence-corrected chi connectivity index (χ3v) is 7.77. The molecule has 202 valence electrons. The maximum Gasteiger partial charge on any atom is 0.341 e. The van der Waals surface area contributed by atoms with Gasteiger partial charge in [0.05, 0.1) is 12.9 Å². The zero-order valence-electron chi connectivity index (χ0n) is 22.3. The normalized spacial score (nSPS) is 11.6. The molecule has 0 saturated carbocycles. The van der Waals surface area contributed by atoms with Gasteiger partial charge in [0, 0.05) is 17.5 Å². The number of rotatable bonds is 11. The second-order valence-corrected chi connectivity index (χ2v) is 10.6. The van der Waals surface area contributed by atoms with Gasteiger partial charge in [-0.05, 0) is 38.0 Å². The van der Waals surface area contributed by atoms with Crippen molar-refractivity contribution in [2.75, 3.05) is 18.2 Å².